The quantitative estimate of drug-likeness (QED) is 0.174. The van der Waals surface area contributed by atoms with E-state index in [0.717, 1.165) is 50.3 Å². The first kappa shape index (κ1) is 35.0. The van der Waals surface area contributed by atoms with Crippen LogP contribution in [0.5, 0.6) is 0 Å². The van der Waals surface area contributed by atoms with Crippen molar-refractivity contribution in [3.63, 3.8) is 0 Å². The molecule has 0 unspecified atom stereocenters. The lowest BCUT2D eigenvalue weighted by molar-refractivity contribution is 0.775. The second-order valence-corrected chi connectivity index (χ2v) is 15.9. The highest BCUT2D eigenvalue weighted by Gasteiger charge is 2.50. The summed E-state index contributed by atoms with van der Waals surface area (Å²) >= 11 is 0. The molecule has 2 aliphatic carbocycles. The van der Waals surface area contributed by atoms with Gasteiger partial charge in [-0.15, -0.1) is 0 Å². The fourth-order valence-electron chi connectivity index (χ4n) is 10.3. The number of benzene rings is 9. The van der Waals surface area contributed by atoms with Crippen LogP contribution in [-0.4, -0.2) is 9.97 Å². The van der Waals surface area contributed by atoms with Gasteiger partial charge in [0.2, 0.25) is 0 Å². The minimum atomic E-state index is -0.603. The lowest BCUT2D eigenvalue weighted by Crippen LogP contribution is -2.29. The van der Waals surface area contributed by atoms with Crippen LogP contribution in [0, 0.1) is 0 Å². The van der Waals surface area contributed by atoms with Crippen LogP contribution in [-0.2, 0) is 5.41 Å². The zero-order chi connectivity index (χ0) is 40.3. The van der Waals surface area contributed by atoms with Gasteiger partial charge in [0, 0.05) is 16.7 Å². The summed E-state index contributed by atoms with van der Waals surface area (Å²) in [5.41, 5.74) is 21.3. The van der Waals surface area contributed by atoms with Crippen molar-refractivity contribution in [3.05, 3.63) is 253 Å². The summed E-state index contributed by atoms with van der Waals surface area (Å²) in [7, 11) is 0. The minimum absolute atomic E-state index is 0.603. The van der Waals surface area contributed by atoms with E-state index in [2.05, 4.69) is 231 Å². The average Bonchev–Trinajstić information content (AvgIpc) is 3.59. The topological polar surface area (TPSA) is 25.8 Å². The van der Waals surface area contributed by atoms with Crippen LogP contribution in [0.2, 0.25) is 0 Å². The van der Waals surface area contributed by atoms with E-state index < -0.39 is 5.41 Å². The van der Waals surface area contributed by atoms with E-state index >= 15 is 0 Å². The summed E-state index contributed by atoms with van der Waals surface area (Å²) in [6, 6.07) is 83.4. The summed E-state index contributed by atoms with van der Waals surface area (Å²) in [6.07, 6.45) is 0. The number of fused-ring (bicyclic) bond motifs is 12. The van der Waals surface area contributed by atoms with Crippen molar-refractivity contribution >= 4 is 0 Å². The third-order valence-corrected chi connectivity index (χ3v) is 12.8. The molecule has 0 N–H and O–H groups in total. The molecule has 0 amide bonds. The maximum absolute atomic E-state index is 5.60. The zero-order valence-corrected chi connectivity index (χ0v) is 33.3. The molecule has 0 fully saturated rings. The Kier molecular flexibility index (Phi) is 8.11. The SMILES string of the molecule is c1ccc(-c2ccccc2-c2cc(-c3ccccc3-c3ccccc3)nc(-c3cccc4c3-c3ccccc3C43c4ccccc4-c4ccccc4-c4ccccc43)n2)cc1. The van der Waals surface area contributed by atoms with E-state index in [1.807, 2.05) is 0 Å². The van der Waals surface area contributed by atoms with Gasteiger partial charge in [-0.1, -0.05) is 224 Å². The molecule has 2 aliphatic rings. The van der Waals surface area contributed by atoms with Gasteiger partial charge >= 0.3 is 0 Å². The third-order valence-electron chi connectivity index (χ3n) is 12.8. The second kappa shape index (κ2) is 14.1. The molecule has 2 nitrogen and oxygen atoms in total. The molecule has 0 saturated heterocycles. The molecule has 9 aromatic carbocycles. The maximum Gasteiger partial charge on any atom is 0.161 e. The van der Waals surface area contributed by atoms with Crippen molar-refractivity contribution in [1.82, 2.24) is 9.97 Å². The molecule has 0 aliphatic heterocycles. The molecule has 2 heteroatoms. The highest BCUT2D eigenvalue weighted by molar-refractivity contribution is 6.00. The van der Waals surface area contributed by atoms with E-state index in [1.54, 1.807) is 0 Å². The number of nitrogens with zero attached hydrogens (tertiary/aromatic N) is 2. The Morgan fingerprint density at radius 3 is 1.08 bits per heavy atom. The van der Waals surface area contributed by atoms with Gasteiger partial charge in [-0.25, -0.2) is 9.97 Å². The van der Waals surface area contributed by atoms with Gasteiger partial charge in [0.05, 0.1) is 16.8 Å². The van der Waals surface area contributed by atoms with Gasteiger partial charge < -0.3 is 0 Å². The third kappa shape index (κ3) is 5.36. The van der Waals surface area contributed by atoms with Gasteiger partial charge in [0.25, 0.3) is 0 Å². The Balaban J connectivity index is 1.17. The van der Waals surface area contributed by atoms with E-state index in [0.29, 0.717) is 5.82 Å². The smallest absolute Gasteiger partial charge is 0.161 e. The molecule has 1 spiro atoms. The number of hydrogen-bond donors (Lipinski definition) is 0. The highest BCUT2D eigenvalue weighted by atomic mass is 14.9. The second-order valence-electron chi connectivity index (χ2n) is 15.9. The first-order chi connectivity index (χ1) is 30.3. The van der Waals surface area contributed by atoms with Crippen LogP contribution in [0.4, 0.5) is 0 Å². The first-order valence-corrected chi connectivity index (χ1v) is 21.0. The van der Waals surface area contributed by atoms with Crippen LogP contribution >= 0.6 is 0 Å². The summed E-state index contributed by atoms with van der Waals surface area (Å²) < 4.78 is 0. The summed E-state index contributed by atoms with van der Waals surface area (Å²) in [4.78, 5) is 11.2. The summed E-state index contributed by atoms with van der Waals surface area (Å²) in [5.74, 6) is 0.695. The molecule has 61 heavy (non-hydrogen) atoms. The Hall–Kier alpha value is -7.94. The average molecular weight is 775 g/mol. The minimum Gasteiger partial charge on any atom is -0.228 e. The Morgan fingerprint density at radius 2 is 0.590 bits per heavy atom. The van der Waals surface area contributed by atoms with Crippen molar-refractivity contribution in [2.45, 2.75) is 5.41 Å². The molecular weight excluding hydrogens is 737 g/mol. The zero-order valence-electron chi connectivity index (χ0n) is 33.3. The lowest BCUT2D eigenvalue weighted by Gasteiger charge is -2.35. The summed E-state index contributed by atoms with van der Waals surface area (Å²) in [6.45, 7) is 0. The van der Waals surface area contributed by atoms with Crippen LogP contribution in [0.1, 0.15) is 22.3 Å². The Labute approximate surface area is 356 Å². The molecule has 1 aromatic heterocycles. The molecule has 284 valence electrons. The van der Waals surface area contributed by atoms with Crippen LogP contribution in [0.15, 0.2) is 231 Å². The lowest BCUT2D eigenvalue weighted by atomic mass is 9.66. The number of hydrogen-bond acceptors (Lipinski definition) is 2. The molecule has 10 aromatic rings. The molecule has 0 saturated carbocycles. The number of aromatic nitrogens is 2. The fourth-order valence-corrected chi connectivity index (χ4v) is 10.3. The van der Waals surface area contributed by atoms with E-state index in [9.17, 15) is 0 Å². The maximum atomic E-state index is 5.60. The van der Waals surface area contributed by atoms with Crippen LogP contribution in [0.3, 0.4) is 0 Å². The van der Waals surface area contributed by atoms with Crippen LogP contribution < -0.4 is 0 Å². The molecular formula is C59H38N2. The monoisotopic (exact) mass is 774 g/mol. The number of rotatable bonds is 5. The van der Waals surface area contributed by atoms with Crippen molar-refractivity contribution in [1.29, 1.82) is 0 Å². The Bertz CT molecular complexity index is 3140. The van der Waals surface area contributed by atoms with Gasteiger partial charge in [-0.05, 0) is 84.0 Å². The highest BCUT2D eigenvalue weighted by Crippen LogP contribution is 2.62. The standard InChI is InChI=1S/C59H38N2/c1-3-20-39(21-4-1)41-24-7-11-30-47(41)55-38-56(48-31-12-8-25-42(48)40-22-5-2-6-23-40)61-58(60-55)50-33-19-37-54-57(50)49-32-15-18-36-53(49)59(54)51-34-16-13-28-45(51)43-26-9-10-27-44(43)46-29-14-17-35-52(46)59/h1-38H. The van der Waals surface area contributed by atoms with Gasteiger partial charge in [0.15, 0.2) is 5.82 Å². The van der Waals surface area contributed by atoms with Crippen molar-refractivity contribution < 1.29 is 0 Å². The molecule has 1 heterocycles. The molecule has 12 rings (SSSR count). The normalized spacial score (nSPS) is 12.7. The predicted octanol–water partition coefficient (Wildman–Crippen LogP) is 14.8. The summed E-state index contributed by atoms with van der Waals surface area (Å²) in [5, 5.41) is 0. The van der Waals surface area contributed by atoms with Crippen molar-refractivity contribution in [2.24, 2.45) is 0 Å². The molecule has 0 bridgehead atoms. The van der Waals surface area contributed by atoms with E-state index in [1.165, 1.54) is 55.6 Å². The largest absolute Gasteiger partial charge is 0.228 e. The van der Waals surface area contributed by atoms with Crippen LogP contribution in [0.25, 0.3) is 89.5 Å². The van der Waals surface area contributed by atoms with Gasteiger partial charge in [0.1, 0.15) is 0 Å². The van der Waals surface area contributed by atoms with E-state index in [4.69, 9.17) is 9.97 Å². The molecule has 0 radical (unpaired) electrons. The Morgan fingerprint density at radius 1 is 0.246 bits per heavy atom. The predicted molar refractivity (Wildman–Crippen MR) is 251 cm³/mol. The van der Waals surface area contributed by atoms with Gasteiger partial charge in [-0.3, -0.25) is 0 Å². The van der Waals surface area contributed by atoms with Crippen molar-refractivity contribution in [3.8, 4) is 89.5 Å². The van der Waals surface area contributed by atoms with E-state index in [-0.39, 0.29) is 0 Å². The first-order valence-electron chi connectivity index (χ1n) is 21.0. The molecule has 0 atom stereocenters. The van der Waals surface area contributed by atoms with Crippen molar-refractivity contribution in [2.75, 3.05) is 0 Å². The van der Waals surface area contributed by atoms with Gasteiger partial charge in [-0.2, -0.15) is 0 Å². The fraction of sp³-hybridized carbons (Fsp3) is 0.0169.